The molecule has 166 valence electrons. The van der Waals surface area contributed by atoms with Crippen molar-refractivity contribution in [1.82, 2.24) is 24.5 Å². The van der Waals surface area contributed by atoms with Crippen LogP contribution in [-0.2, 0) is 23.5 Å². The van der Waals surface area contributed by atoms with Gasteiger partial charge in [0.15, 0.2) is 11.6 Å². The first-order chi connectivity index (χ1) is 15.4. The molecule has 4 aromatic rings. The third-order valence-electron chi connectivity index (χ3n) is 5.11. The number of para-hydroxylation sites is 2. The first-order valence-electron chi connectivity index (χ1n) is 10.0. The lowest BCUT2D eigenvalue weighted by molar-refractivity contribution is -0.392. The minimum Gasteiger partial charge on any atom is -0.609 e. The van der Waals surface area contributed by atoms with E-state index in [0.29, 0.717) is 17.5 Å². The summed E-state index contributed by atoms with van der Waals surface area (Å²) in [7, 11) is 0. The van der Waals surface area contributed by atoms with E-state index < -0.39 is 16.1 Å². The molecule has 9 nitrogen and oxygen atoms in total. The molecule has 0 aliphatic heterocycles. The van der Waals surface area contributed by atoms with Gasteiger partial charge in [0.1, 0.15) is 6.20 Å². The highest BCUT2D eigenvalue weighted by Crippen LogP contribution is 2.27. The van der Waals surface area contributed by atoms with E-state index in [1.165, 1.54) is 6.20 Å². The van der Waals surface area contributed by atoms with Gasteiger partial charge in [0.05, 0.1) is 23.3 Å². The minimum atomic E-state index is -1.34. The van der Waals surface area contributed by atoms with Crippen LogP contribution in [0.5, 0.6) is 0 Å². The number of nitro groups is 1. The maximum absolute atomic E-state index is 12.9. The fourth-order valence-corrected chi connectivity index (χ4v) is 5.46. The molecule has 0 amide bonds. The maximum atomic E-state index is 12.9. The predicted octanol–water partition coefficient (Wildman–Crippen LogP) is 4.17. The van der Waals surface area contributed by atoms with Crippen LogP contribution in [0.15, 0.2) is 52.8 Å². The first-order valence-corrected chi connectivity index (χ1v) is 12.3. The van der Waals surface area contributed by atoms with Crippen molar-refractivity contribution in [2.24, 2.45) is 0 Å². The molecule has 1 atom stereocenters. The largest absolute Gasteiger partial charge is 0.609 e. The molecule has 0 aliphatic rings. The second-order valence-electron chi connectivity index (χ2n) is 7.20. The summed E-state index contributed by atoms with van der Waals surface area (Å²) in [5.41, 5.74) is 3.41. The van der Waals surface area contributed by atoms with Crippen LogP contribution in [0, 0.1) is 24.0 Å². The number of imidazole rings is 2. The van der Waals surface area contributed by atoms with Crippen LogP contribution < -0.4 is 0 Å². The number of thioether (sulfide) groups is 1. The van der Waals surface area contributed by atoms with Crippen molar-refractivity contribution in [3.63, 3.8) is 0 Å². The third kappa shape index (κ3) is 4.79. The van der Waals surface area contributed by atoms with E-state index in [0.717, 1.165) is 39.4 Å². The van der Waals surface area contributed by atoms with E-state index in [1.807, 2.05) is 37.3 Å². The Labute approximate surface area is 192 Å². The SMILES string of the molecule is Cc1c(SCCCn2c([N+](=O)[O-])cnc2C)ccnc1C[S+]([O-])c1nc2ccccc2[nH]1. The minimum absolute atomic E-state index is 0.0166. The number of hydrogen-bond donors (Lipinski definition) is 1. The monoisotopic (exact) mass is 470 g/mol. The van der Waals surface area contributed by atoms with Crippen LogP contribution in [-0.4, -0.2) is 39.7 Å². The lowest BCUT2D eigenvalue weighted by atomic mass is 10.2. The number of H-pyrrole nitrogens is 1. The van der Waals surface area contributed by atoms with Crippen LogP contribution in [0.3, 0.4) is 0 Å². The smallest absolute Gasteiger partial charge is 0.342 e. The van der Waals surface area contributed by atoms with Gasteiger partial charge < -0.3 is 14.7 Å². The number of aromatic nitrogens is 5. The van der Waals surface area contributed by atoms with E-state index in [4.69, 9.17) is 0 Å². The number of nitrogens with one attached hydrogen (secondary N) is 1. The van der Waals surface area contributed by atoms with Crippen LogP contribution in [0.4, 0.5) is 5.82 Å². The van der Waals surface area contributed by atoms with Crippen molar-refractivity contribution in [2.75, 3.05) is 5.75 Å². The quantitative estimate of drug-likeness (QED) is 0.128. The Bertz CT molecular complexity index is 1220. The molecule has 1 unspecified atom stereocenters. The number of aromatic amines is 1. The second-order valence-corrected chi connectivity index (χ2v) is 9.71. The summed E-state index contributed by atoms with van der Waals surface area (Å²) in [5.74, 6) is 1.71. The van der Waals surface area contributed by atoms with Gasteiger partial charge >= 0.3 is 11.0 Å². The van der Waals surface area contributed by atoms with Crippen LogP contribution in [0.1, 0.15) is 23.5 Å². The van der Waals surface area contributed by atoms with Gasteiger partial charge in [-0.25, -0.2) is 9.55 Å². The highest BCUT2D eigenvalue weighted by atomic mass is 32.2. The van der Waals surface area contributed by atoms with E-state index in [9.17, 15) is 14.7 Å². The average Bonchev–Trinajstić information content (AvgIpc) is 3.37. The highest BCUT2D eigenvalue weighted by Gasteiger charge is 2.20. The van der Waals surface area contributed by atoms with Crippen LogP contribution >= 0.6 is 11.8 Å². The van der Waals surface area contributed by atoms with Crippen molar-refractivity contribution in [2.45, 2.75) is 42.6 Å². The molecular formula is C21H22N6O3S2. The molecule has 32 heavy (non-hydrogen) atoms. The van der Waals surface area contributed by atoms with Gasteiger partial charge in [0, 0.05) is 34.9 Å². The van der Waals surface area contributed by atoms with E-state index >= 15 is 0 Å². The zero-order chi connectivity index (χ0) is 22.7. The summed E-state index contributed by atoms with van der Waals surface area (Å²) in [5, 5.41) is 11.6. The molecule has 3 heterocycles. The number of nitrogens with zero attached hydrogens (tertiary/aromatic N) is 5. The van der Waals surface area contributed by atoms with Crippen molar-refractivity contribution in [3.05, 3.63) is 69.9 Å². The second kappa shape index (κ2) is 9.72. The first kappa shape index (κ1) is 22.3. The summed E-state index contributed by atoms with van der Waals surface area (Å²) < 4.78 is 14.5. The molecule has 4 rings (SSSR count). The Morgan fingerprint density at radius 1 is 1.22 bits per heavy atom. The van der Waals surface area contributed by atoms with Crippen molar-refractivity contribution >= 4 is 39.8 Å². The molecule has 0 radical (unpaired) electrons. The molecule has 0 fully saturated rings. The summed E-state index contributed by atoms with van der Waals surface area (Å²) in [6.07, 6.45) is 3.78. The average molecular weight is 471 g/mol. The Kier molecular flexibility index (Phi) is 6.77. The molecule has 1 N–H and O–H groups in total. The number of fused-ring (bicyclic) bond motifs is 1. The number of hydrogen-bond acceptors (Lipinski definition) is 7. The molecule has 0 bridgehead atoms. The van der Waals surface area contributed by atoms with E-state index in [1.54, 1.807) is 29.4 Å². The fraction of sp³-hybridized carbons (Fsp3) is 0.286. The maximum Gasteiger partial charge on any atom is 0.342 e. The summed E-state index contributed by atoms with van der Waals surface area (Å²) in [6, 6.07) is 9.54. The summed E-state index contributed by atoms with van der Waals surface area (Å²) in [4.78, 5) is 27.8. The van der Waals surface area contributed by atoms with Gasteiger partial charge in [-0.2, -0.15) is 4.98 Å². The van der Waals surface area contributed by atoms with Crippen molar-refractivity contribution in [1.29, 1.82) is 0 Å². The zero-order valence-corrected chi connectivity index (χ0v) is 19.3. The standard InChI is InChI=1S/C21H22N6O3S2/c1-14-18(13-32(30)21-24-16-6-3-4-7-17(16)25-21)22-9-8-19(14)31-11-5-10-26-15(2)23-12-20(26)27(28)29/h3-4,6-9,12H,5,10-11,13H2,1-2H3,(H,24,25). The van der Waals surface area contributed by atoms with E-state index in [2.05, 4.69) is 19.9 Å². The van der Waals surface area contributed by atoms with Gasteiger partial charge in [-0.1, -0.05) is 12.1 Å². The number of rotatable bonds is 9. The third-order valence-corrected chi connectivity index (χ3v) is 7.52. The van der Waals surface area contributed by atoms with E-state index in [-0.39, 0.29) is 11.6 Å². The molecule has 0 spiro atoms. The summed E-state index contributed by atoms with van der Waals surface area (Å²) >= 11 is 0.328. The number of pyridine rings is 1. The fourth-order valence-electron chi connectivity index (χ4n) is 3.37. The Balaban J connectivity index is 1.38. The number of benzene rings is 1. The molecule has 1 aromatic carbocycles. The van der Waals surface area contributed by atoms with Gasteiger partial charge in [0.25, 0.3) is 0 Å². The lowest BCUT2D eigenvalue weighted by Crippen LogP contribution is -2.10. The molecule has 11 heteroatoms. The van der Waals surface area contributed by atoms with Gasteiger partial charge in [-0.3, -0.25) is 9.97 Å². The molecule has 0 saturated heterocycles. The normalized spacial score (nSPS) is 12.3. The highest BCUT2D eigenvalue weighted by molar-refractivity contribution is 7.99. The Hall–Kier alpha value is -2.89. The van der Waals surface area contributed by atoms with Gasteiger partial charge in [0.2, 0.25) is 0 Å². The lowest BCUT2D eigenvalue weighted by Gasteiger charge is -2.11. The van der Waals surface area contributed by atoms with Crippen molar-refractivity contribution in [3.8, 4) is 0 Å². The Morgan fingerprint density at radius 3 is 2.81 bits per heavy atom. The zero-order valence-electron chi connectivity index (χ0n) is 17.6. The molecule has 0 aliphatic carbocycles. The molecule has 0 saturated carbocycles. The molecule has 3 aromatic heterocycles. The van der Waals surface area contributed by atoms with Gasteiger partial charge in [-0.05, 0) is 42.0 Å². The molecular weight excluding hydrogens is 448 g/mol. The topological polar surface area (TPSA) is 126 Å². The number of aryl methyl sites for hydroxylation is 1. The van der Waals surface area contributed by atoms with Gasteiger partial charge in [-0.15, -0.1) is 11.8 Å². The Morgan fingerprint density at radius 2 is 2.03 bits per heavy atom. The summed E-state index contributed by atoms with van der Waals surface area (Å²) in [6.45, 7) is 4.27. The predicted molar refractivity (Wildman–Crippen MR) is 124 cm³/mol. The van der Waals surface area contributed by atoms with Crippen LogP contribution in [0.25, 0.3) is 11.0 Å². The van der Waals surface area contributed by atoms with Crippen LogP contribution in [0.2, 0.25) is 0 Å². The van der Waals surface area contributed by atoms with Crippen molar-refractivity contribution < 1.29 is 9.48 Å².